The third-order valence-electron chi connectivity index (χ3n) is 3.35. The molecular weight excluding hydrogens is 368 g/mol. The number of nitrogens with one attached hydrogen (secondary N) is 2. The number of hydrogen-bond donors (Lipinski definition) is 2. The number of rotatable bonds is 8. The first kappa shape index (κ1) is 22.8. The molecular formula is C19H28N2O5S. The van der Waals surface area contributed by atoms with Crippen molar-refractivity contribution in [3.05, 3.63) is 36.1 Å². The summed E-state index contributed by atoms with van der Waals surface area (Å²) in [5.74, 6) is 0.0822. The second kappa shape index (κ2) is 9.64. The number of thioether (sulfide) groups is 1. The highest BCUT2D eigenvalue weighted by Crippen LogP contribution is 2.42. The predicted octanol–water partition coefficient (Wildman–Crippen LogP) is 2.69. The van der Waals surface area contributed by atoms with Crippen LogP contribution < -0.4 is 10.6 Å². The molecule has 0 radical (unpaired) electrons. The van der Waals surface area contributed by atoms with Gasteiger partial charge in [0.15, 0.2) is 6.61 Å². The molecule has 0 aliphatic carbocycles. The highest BCUT2D eigenvalue weighted by Gasteiger charge is 2.38. The third-order valence-corrected chi connectivity index (χ3v) is 4.41. The van der Waals surface area contributed by atoms with Gasteiger partial charge in [0.1, 0.15) is 11.4 Å². The number of allylic oxidation sites excluding steroid dienone is 2. The molecule has 7 nitrogen and oxygen atoms in total. The van der Waals surface area contributed by atoms with E-state index in [0.717, 1.165) is 17.3 Å². The Bertz CT molecular complexity index is 664. The van der Waals surface area contributed by atoms with Crippen molar-refractivity contribution in [3.8, 4) is 0 Å². The van der Waals surface area contributed by atoms with E-state index in [-0.39, 0.29) is 30.7 Å². The molecule has 1 atom stereocenters. The van der Waals surface area contributed by atoms with Gasteiger partial charge in [-0.25, -0.2) is 4.79 Å². The van der Waals surface area contributed by atoms with Gasteiger partial charge in [0, 0.05) is 19.2 Å². The van der Waals surface area contributed by atoms with Crippen molar-refractivity contribution in [2.75, 3.05) is 19.7 Å². The normalized spacial score (nSPS) is 20.0. The molecule has 1 aliphatic rings. The van der Waals surface area contributed by atoms with Gasteiger partial charge in [-0.15, -0.1) is 0 Å². The van der Waals surface area contributed by atoms with Gasteiger partial charge < -0.3 is 20.1 Å². The Kier molecular flexibility index (Phi) is 8.15. The van der Waals surface area contributed by atoms with Crippen LogP contribution in [0.2, 0.25) is 0 Å². The highest BCUT2D eigenvalue weighted by atomic mass is 32.2. The molecule has 2 N–H and O–H groups in total. The first-order chi connectivity index (χ1) is 12.4. The minimum atomic E-state index is -0.659. The van der Waals surface area contributed by atoms with Crippen molar-refractivity contribution >= 4 is 28.9 Å². The zero-order valence-corrected chi connectivity index (χ0v) is 17.3. The lowest BCUT2D eigenvalue weighted by Gasteiger charge is -2.23. The molecule has 0 fully saturated rings. The maximum absolute atomic E-state index is 11.9. The van der Waals surface area contributed by atoms with E-state index >= 15 is 0 Å². The number of alkyl carbamates (subject to hydrolysis) is 1. The van der Waals surface area contributed by atoms with Crippen LogP contribution in [0.15, 0.2) is 36.1 Å². The van der Waals surface area contributed by atoms with Crippen molar-refractivity contribution < 1.29 is 23.9 Å². The van der Waals surface area contributed by atoms with Crippen LogP contribution in [0.5, 0.6) is 0 Å². The topological polar surface area (TPSA) is 93.7 Å². The predicted molar refractivity (Wildman–Crippen MR) is 106 cm³/mol. The van der Waals surface area contributed by atoms with Gasteiger partial charge in [-0.2, -0.15) is 0 Å². The molecule has 1 unspecified atom stereocenters. The second-order valence-electron chi connectivity index (χ2n) is 7.20. The quantitative estimate of drug-likeness (QED) is 0.484. The smallest absolute Gasteiger partial charge is 0.407 e. The highest BCUT2D eigenvalue weighted by molar-refractivity contribution is 8.15. The zero-order chi connectivity index (χ0) is 20.7. The summed E-state index contributed by atoms with van der Waals surface area (Å²) < 4.78 is 9.99. The number of carbonyl (C=O) groups excluding carboxylic acids is 3. The first-order valence-electron chi connectivity index (χ1n) is 8.58. The lowest BCUT2D eigenvalue weighted by Crippen LogP contribution is -2.39. The summed E-state index contributed by atoms with van der Waals surface area (Å²) >= 11 is 1.13. The Balaban J connectivity index is 2.41. The standard InChI is InChI=1S/C19H28N2O5S/c1-7-13(2)11-19(6)14(10-16(23)27-19)25-12-15(22)20-8-9-21-17(24)26-18(3,4)5/h7,10-11H,1,8-9,12H2,2-6H3,(H,20,22)(H,21,24). The molecule has 0 saturated carbocycles. The number of amides is 2. The molecule has 1 heterocycles. The maximum Gasteiger partial charge on any atom is 0.407 e. The lowest BCUT2D eigenvalue weighted by molar-refractivity contribution is -0.124. The summed E-state index contributed by atoms with van der Waals surface area (Å²) in [5.41, 5.74) is 0.336. The second-order valence-corrected chi connectivity index (χ2v) is 8.65. The van der Waals surface area contributed by atoms with E-state index in [1.165, 1.54) is 6.08 Å². The van der Waals surface area contributed by atoms with Crippen molar-refractivity contribution in [2.45, 2.75) is 45.0 Å². The van der Waals surface area contributed by atoms with Crippen molar-refractivity contribution in [2.24, 2.45) is 0 Å². The first-order valence-corrected chi connectivity index (χ1v) is 9.40. The fourth-order valence-corrected chi connectivity index (χ4v) is 3.24. The summed E-state index contributed by atoms with van der Waals surface area (Å²) in [5, 5.41) is 5.05. The van der Waals surface area contributed by atoms with Crippen molar-refractivity contribution in [1.29, 1.82) is 0 Å². The largest absolute Gasteiger partial charge is 0.486 e. The Morgan fingerprint density at radius 2 is 1.93 bits per heavy atom. The van der Waals surface area contributed by atoms with Crippen LogP contribution in [0, 0.1) is 0 Å². The van der Waals surface area contributed by atoms with Crippen LogP contribution in [0.3, 0.4) is 0 Å². The van der Waals surface area contributed by atoms with Crippen LogP contribution >= 0.6 is 11.8 Å². The SMILES string of the molecule is C=CC(C)=CC1(C)SC(=O)C=C1OCC(=O)NCCNC(=O)OC(C)(C)C. The number of hydrogen-bond acceptors (Lipinski definition) is 6. The van der Waals surface area contributed by atoms with Gasteiger partial charge in [0.2, 0.25) is 5.12 Å². The summed E-state index contributed by atoms with van der Waals surface area (Å²) in [6, 6.07) is 0. The van der Waals surface area contributed by atoms with Crippen LogP contribution in [0.4, 0.5) is 4.79 Å². The lowest BCUT2D eigenvalue weighted by atomic mass is 10.0. The summed E-state index contributed by atoms with van der Waals surface area (Å²) in [7, 11) is 0. The van der Waals surface area contributed by atoms with Gasteiger partial charge in [-0.3, -0.25) is 9.59 Å². The van der Waals surface area contributed by atoms with E-state index in [1.54, 1.807) is 26.8 Å². The summed E-state index contributed by atoms with van der Waals surface area (Å²) in [6.45, 7) is 13.0. The van der Waals surface area contributed by atoms with Crippen molar-refractivity contribution in [3.63, 3.8) is 0 Å². The molecule has 0 spiro atoms. The molecule has 0 aromatic rings. The average molecular weight is 397 g/mol. The molecule has 1 rings (SSSR count). The monoisotopic (exact) mass is 396 g/mol. The molecule has 0 aromatic heterocycles. The van der Waals surface area contributed by atoms with E-state index in [9.17, 15) is 14.4 Å². The maximum atomic E-state index is 11.9. The molecule has 0 saturated heterocycles. The number of carbonyl (C=O) groups is 3. The van der Waals surface area contributed by atoms with Gasteiger partial charge in [0.25, 0.3) is 5.91 Å². The summed E-state index contributed by atoms with van der Waals surface area (Å²) in [4.78, 5) is 35.2. The Labute approximate surface area is 164 Å². The summed E-state index contributed by atoms with van der Waals surface area (Å²) in [6.07, 6.45) is 4.43. The van der Waals surface area contributed by atoms with Gasteiger partial charge in [-0.05, 0) is 34.6 Å². The van der Waals surface area contributed by atoms with E-state index in [1.807, 2.05) is 19.9 Å². The van der Waals surface area contributed by atoms with Crippen LogP contribution in [0.25, 0.3) is 0 Å². The van der Waals surface area contributed by atoms with Gasteiger partial charge in [0.05, 0.1) is 4.75 Å². The van der Waals surface area contributed by atoms with Crippen LogP contribution in [0.1, 0.15) is 34.6 Å². The minimum Gasteiger partial charge on any atom is -0.486 e. The van der Waals surface area contributed by atoms with E-state index in [0.29, 0.717) is 5.76 Å². The zero-order valence-electron chi connectivity index (χ0n) is 16.5. The molecule has 0 bridgehead atoms. The number of ether oxygens (including phenoxy) is 2. The molecule has 27 heavy (non-hydrogen) atoms. The Morgan fingerprint density at radius 1 is 1.30 bits per heavy atom. The molecule has 8 heteroatoms. The van der Waals surface area contributed by atoms with Crippen LogP contribution in [-0.4, -0.2) is 47.2 Å². The van der Waals surface area contributed by atoms with Crippen LogP contribution in [-0.2, 0) is 19.1 Å². The fourth-order valence-electron chi connectivity index (χ4n) is 2.19. The van der Waals surface area contributed by atoms with Gasteiger partial charge >= 0.3 is 6.09 Å². The van der Waals surface area contributed by atoms with E-state index in [4.69, 9.17) is 9.47 Å². The molecule has 150 valence electrons. The molecule has 2 amide bonds. The Hall–Kier alpha value is -2.22. The molecule has 1 aliphatic heterocycles. The molecule has 0 aromatic carbocycles. The van der Waals surface area contributed by atoms with Crippen molar-refractivity contribution in [1.82, 2.24) is 10.6 Å². The van der Waals surface area contributed by atoms with E-state index < -0.39 is 16.4 Å². The van der Waals surface area contributed by atoms with E-state index in [2.05, 4.69) is 17.2 Å². The third kappa shape index (κ3) is 8.34. The van der Waals surface area contributed by atoms with Gasteiger partial charge in [-0.1, -0.05) is 36.1 Å². The average Bonchev–Trinajstić information content (AvgIpc) is 2.81. The fraction of sp³-hybridized carbons (Fsp3) is 0.526. The minimum absolute atomic E-state index is 0.123. The Morgan fingerprint density at radius 3 is 2.52 bits per heavy atom.